The van der Waals surface area contributed by atoms with Crippen molar-refractivity contribution < 1.29 is 18.7 Å². The van der Waals surface area contributed by atoms with Crippen LogP contribution >= 0.6 is 0 Å². The van der Waals surface area contributed by atoms with Crippen LogP contribution in [0.4, 0.5) is 10.1 Å². The third-order valence-corrected chi connectivity index (χ3v) is 3.70. The predicted octanol–water partition coefficient (Wildman–Crippen LogP) is 3.73. The molecule has 134 valence electrons. The summed E-state index contributed by atoms with van der Waals surface area (Å²) in [7, 11) is 3.32. The molecule has 1 amide bonds. The second kappa shape index (κ2) is 8.48. The number of nitrogens with one attached hydrogen (secondary N) is 2. The van der Waals surface area contributed by atoms with Crippen molar-refractivity contribution >= 4 is 11.6 Å². The maximum Gasteiger partial charge on any atom is 0.228 e. The van der Waals surface area contributed by atoms with Crippen LogP contribution in [0.15, 0.2) is 36.4 Å². The Balaban J connectivity index is 2.28. The fourth-order valence-corrected chi connectivity index (χ4v) is 2.32. The van der Waals surface area contributed by atoms with Crippen LogP contribution in [0.1, 0.15) is 12.5 Å². The van der Waals surface area contributed by atoms with Gasteiger partial charge in [-0.15, -0.1) is 0 Å². The summed E-state index contributed by atoms with van der Waals surface area (Å²) in [4.78, 5) is 12.2. The van der Waals surface area contributed by atoms with Crippen LogP contribution in [0.5, 0.6) is 17.2 Å². The Kier molecular flexibility index (Phi) is 6.36. The van der Waals surface area contributed by atoms with E-state index in [1.165, 1.54) is 18.2 Å². The number of amides is 1. The minimum Gasteiger partial charge on any atom is -0.493 e. The summed E-state index contributed by atoms with van der Waals surface area (Å²) in [5.41, 5.74) is 1.30. The Bertz CT molecular complexity index is 749. The highest BCUT2D eigenvalue weighted by Crippen LogP contribution is 2.36. The van der Waals surface area contributed by atoms with Gasteiger partial charge in [0.25, 0.3) is 0 Å². The summed E-state index contributed by atoms with van der Waals surface area (Å²) < 4.78 is 24.8. The van der Waals surface area contributed by atoms with Crippen LogP contribution in [0, 0.1) is 18.7 Å². The van der Waals surface area contributed by atoms with Crippen molar-refractivity contribution in [3.63, 3.8) is 0 Å². The first-order chi connectivity index (χ1) is 11.9. The molecule has 2 aromatic rings. The Labute approximate surface area is 147 Å². The molecule has 0 bridgehead atoms. The van der Waals surface area contributed by atoms with E-state index >= 15 is 0 Å². The van der Waals surface area contributed by atoms with E-state index in [9.17, 15) is 9.18 Å². The zero-order valence-electron chi connectivity index (χ0n) is 14.9. The van der Waals surface area contributed by atoms with Gasteiger partial charge in [0.2, 0.25) is 5.91 Å². The minimum atomic E-state index is -0.459. The fourth-order valence-electron chi connectivity index (χ4n) is 2.32. The van der Waals surface area contributed by atoms with Crippen molar-refractivity contribution in [3.05, 3.63) is 47.8 Å². The van der Waals surface area contributed by atoms with E-state index in [1.807, 2.05) is 19.1 Å². The van der Waals surface area contributed by atoms with Gasteiger partial charge in [-0.05, 0) is 43.8 Å². The molecule has 2 aromatic carbocycles. The van der Waals surface area contributed by atoms with Crippen LogP contribution in [-0.4, -0.2) is 26.6 Å². The summed E-state index contributed by atoms with van der Waals surface area (Å²) >= 11 is 0. The topological polar surface area (TPSA) is 59.6 Å². The maximum absolute atomic E-state index is 13.6. The Morgan fingerprint density at radius 3 is 2.56 bits per heavy atom. The highest BCUT2D eigenvalue weighted by Gasteiger charge is 2.16. The number of hydrogen-bond acceptors (Lipinski definition) is 4. The lowest BCUT2D eigenvalue weighted by atomic mass is 10.1. The molecule has 0 aliphatic carbocycles. The fraction of sp³-hybridized carbons (Fsp3) is 0.316. The molecule has 2 N–H and O–H groups in total. The third-order valence-electron chi connectivity index (χ3n) is 3.70. The molecule has 1 atom stereocenters. The van der Waals surface area contributed by atoms with E-state index < -0.39 is 5.82 Å². The summed E-state index contributed by atoms with van der Waals surface area (Å²) in [6.45, 7) is 4.25. The summed E-state index contributed by atoms with van der Waals surface area (Å²) in [6.07, 6.45) is 0. The van der Waals surface area contributed by atoms with Gasteiger partial charge in [0.15, 0.2) is 17.2 Å². The third kappa shape index (κ3) is 4.93. The molecular formula is C19H23FN2O3. The largest absolute Gasteiger partial charge is 0.493 e. The predicted molar refractivity (Wildman–Crippen MR) is 95.9 cm³/mol. The molecule has 0 saturated heterocycles. The smallest absolute Gasteiger partial charge is 0.228 e. The monoisotopic (exact) mass is 346 g/mol. The van der Waals surface area contributed by atoms with Crippen LogP contribution in [0.3, 0.4) is 0 Å². The Morgan fingerprint density at radius 2 is 1.88 bits per heavy atom. The molecule has 2 rings (SSSR count). The molecule has 0 saturated carbocycles. The van der Waals surface area contributed by atoms with Crippen LogP contribution in [0.25, 0.3) is 0 Å². The molecular weight excluding hydrogens is 323 g/mol. The molecule has 1 unspecified atom stereocenters. The lowest BCUT2D eigenvalue weighted by Crippen LogP contribution is -2.28. The number of aryl methyl sites for hydroxylation is 1. The van der Waals surface area contributed by atoms with Crippen LogP contribution < -0.4 is 20.1 Å². The van der Waals surface area contributed by atoms with Gasteiger partial charge >= 0.3 is 0 Å². The summed E-state index contributed by atoms with van der Waals surface area (Å²) in [6, 6.07) is 9.49. The quantitative estimate of drug-likeness (QED) is 0.802. The van der Waals surface area contributed by atoms with Crippen molar-refractivity contribution in [3.8, 4) is 17.2 Å². The number of carbonyl (C=O) groups is 1. The van der Waals surface area contributed by atoms with Crippen molar-refractivity contribution in [1.29, 1.82) is 0 Å². The highest BCUT2D eigenvalue weighted by molar-refractivity contribution is 5.94. The molecule has 0 aliphatic heterocycles. The normalized spacial score (nSPS) is 11.7. The first kappa shape index (κ1) is 18.7. The second-order valence-corrected chi connectivity index (χ2v) is 5.84. The first-order valence-electron chi connectivity index (χ1n) is 8.02. The first-order valence-corrected chi connectivity index (χ1v) is 8.02. The van der Waals surface area contributed by atoms with E-state index in [0.29, 0.717) is 23.8 Å². The molecule has 25 heavy (non-hydrogen) atoms. The van der Waals surface area contributed by atoms with E-state index in [0.717, 1.165) is 5.56 Å². The van der Waals surface area contributed by atoms with Crippen molar-refractivity contribution in [2.24, 2.45) is 5.92 Å². The molecule has 0 spiro atoms. The summed E-state index contributed by atoms with van der Waals surface area (Å²) in [5, 5.41) is 5.66. The number of anilines is 1. The molecule has 0 fully saturated rings. The SMILES string of the molecule is CNCC(C)C(=O)Nc1cc(F)ccc1Oc1ccc(C)cc1OC. The van der Waals surface area contributed by atoms with E-state index in [4.69, 9.17) is 9.47 Å². The van der Waals surface area contributed by atoms with Gasteiger partial charge in [-0.3, -0.25) is 4.79 Å². The lowest BCUT2D eigenvalue weighted by molar-refractivity contribution is -0.119. The Morgan fingerprint density at radius 1 is 1.16 bits per heavy atom. The molecule has 0 heterocycles. The van der Waals surface area contributed by atoms with Gasteiger partial charge in [0.05, 0.1) is 12.8 Å². The van der Waals surface area contributed by atoms with E-state index in [-0.39, 0.29) is 17.5 Å². The van der Waals surface area contributed by atoms with Gasteiger partial charge in [-0.2, -0.15) is 0 Å². The van der Waals surface area contributed by atoms with Crippen LogP contribution in [0.2, 0.25) is 0 Å². The lowest BCUT2D eigenvalue weighted by Gasteiger charge is -2.16. The molecule has 0 aromatic heterocycles. The number of ether oxygens (including phenoxy) is 2. The van der Waals surface area contributed by atoms with Gasteiger partial charge in [0, 0.05) is 18.5 Å². The van der Waals surface area contributed by atoms with Crippen LogP contribution in [-0.2, 0) is 4.79 Å². The van der Waals surface area contributed by atoms with Crippen molar-refractivity contribution in [1.82, 2.24) is 5.32 Å². The zero-order chi connectivity index (χ0) is 18.4. The molecule has 0 aliphatic rings. The second-order valence-electron chi connectivity index (χ2n) is 5.84. The Hall–Kier alpha value is -2.60. The number of rotatable bonds is 7. The molecule has 0 radical (unpaired) electrons. The van der Waals surface area contributed by atoms with Gasteiger partial charge in [-0.1, -0.05) is 13.0 Å². The number of methoxy groups -OCH3 is 1. The van der Waals surface area contributed by atoms with Gasteiger partial charge in [-0.25, -0.2) is 4.39 Å². The van der Waals surface area contributed by atoms with Crippen molar-refractivity contribution in [2.45, 2.75) is 13.8 Å². The number of benzene rings is 2. The average molecular weight is 346 g/mol. The van der Waals surface area contributed by atoms with Gasteiger partial charge in [0.1, 0.15) is 5.82 Å². The van der Waals surface area contributed by atoms with Crippen molar-refractivity contribution in [2.75, 3.05) is 26.0 Å². The number of halogens is 1. The van der Waals surface area contributed by atoms with Gasteiger partial charge < -0.3 is 20.1 Å². The number of carbonyl (C=O) groups excluding carboxylic acids is 1. The maximum atomic E-state index is 13.6. The molecule has 5 nitrogen and oxygen atoms in total. The zero-order valence-corrected chi connectivity index (χ0v) is 14.9. The van der Waals surface area contributed by atoms with E-state index in [1.54, 1.807) is 27.1 Å². The minimum absolute atomic E-state index is 0.222. The van der Waals surface area contributed by atoms with E-state index in [2.05, 4.69) is 10.6 Å². The molecule has 6 heteroatoms. The number of hydrogen-bond donors (Lipinski definition) is 2. The standard InChI is InChI=1S/C19H23FN2O3/c1-12-5-7-17(18(9-12)24-4)25-16-8-6-14(20)10-15(16)22-19(23)13(2)11-21-3/h5-10,13,21H,11H2,1-4H3,(H,22,23). The summed E-state index contributed by atoms with van der Waals surface area (Å²) in [5.74, 6) is 0.438. The highest BCUT2D eigenvalue weighted by atomic mass is 19.1. The average Bonchev–Trinajstić information content (AvgIpc) is 2.58.